The van der Waals surface area contributed by atoms with E-state index in [9.17, 15) is 4.79 Å². The topological polar surface area (TPSA) is 56.1 Å². The summed E-state index contributed by atoms with van der Waals surface area (Å²) >= 11 is 0. The van der Waals surface area contributed by atoms with E-state index in [1.54, 1.807) is 13.3 Å². The lowest BCUT2D eigenvalue weighted by molar-refractivity contribution is -0.142. The van der Waals surface area contributed by atoms with Gasteiger partial charge >= 0.3 is 0 Å². The van der Waals surface area contributed by atoms with Crippen molar-refractivity contribution in [2.24, 2.45) is 18.0 Å². The van der Waals surface area contributed by atoms with Crippen molar-refractivity contribution < 1.29 is 14.3 Å². The van der Waals surface area contributed by atoms with Crippen molar-refractivity contribution in [2.45, 2.75) is 52.5 Å². The van der Waals surface area contributed by atoms with Gasteiger partial charge in [0.2, 0.25) is 0 Å². The van der Waals surface area contributed by atoms with E-state index in [1.165, 1.54) is 11.1 Å². The van der Waals surface area contributed by atoms with Crippen LogP contribution in [0.5, 0.6) is 5.75 Å². The van der Waals surface area contributed by atoms with Crippen molar-refractivity contribution in [3.63, 3.8) is 0 Å². The molecule has 1 aromatic heterocycles. The first-order valence-electron chi connectivity index (χ1n) is 12.1. The summed E-state index contributed by atoms with van der Waals surface area (Å²) in [6, 6.07) is 10.4. The van der Waals surface area contributed by atoms with Crippen molar-refractivity contribution in [3.8, 4) is 5.75 Å². The lowest BCUT2D eigenvalue weighted by Crippen LogP contribution is -2.55. The number of ether oxygens (including phenoxy) is 2. The second-order valence-electron chi connectivity index (χ2n) is 10.00. The maximum Gasteiger partial charge on any atom is 0.272 e. The van der Waals surface area contributed by atoms with E-state index >= 15 is 0 Å². The molecule has 1 aromatic carbocycles. The Bertz CT molecular complexity index is 1030. The smallest absolute Gasteiger partial charge is 0.272 e. The number of aliphatic imine (C=N–C) groups is 1. The highest BCUT2D eigenvalue weighted by Gasteiger charge is 2.35. The van der Waals surface area contributed by atoms with Gasteiger partial charge in [-0.3, -0.25) is 4.79 Å². The predicted octanol–water partition coefficient (Wildman–Crippen LogP) is 4.81. The number of methoxy groups -OCH3 is 1. The van der Waals surface area contributed by atoms with Crippen LogP contribution in [0.15, 0.2) is 53.3 Å². The number of amides is 1. The molecular weight excluding hydrogens is 426 g/mol. The molecule has 34 heavy (non-hydrogen) atoms. The predicted molar refractivity (Wildman–Crippen MR) is 138 cm³/mol. The first-order chi connectivity index (χ1) is 16.2. The number of benzene rings is 1. The molecule has 1 saturated heterocycles. The fraction of sp³-hybridized carbons (Fsp3) is 0.500. The number of carbonyl (C=O) groups excluding carboxylic acids is 1. The molecule has 0 spiro atoms. The SMILES string of the molecule is COc1cc(CC/C=C(/N=C/c2cccn2C)C(=O)N2CCOCC2(C)C)ccc1CC(C)C. The van der Waals surface area contributed by atoms with Crippen molar-refractivity contribution in [1.82, 2.24) is 9.47 Å². The van der Waals surface area contributed by atoms with E-state index in [0.29, 0.717) is 37.8 Å². The number of hydrogen-bond acceptors (Lipinski definition) is 4. The molecule has 0 aliphatic carbocycles. The van der Waals surface area contributed by atoms with Crippen LogP contribution in [0.1, 0.15) is 50.9 Å². The Morgan fingerprint density at radius 3 is 2.74 bits per heavy atom. The van der Waals surface area contributed by atoms with Crippen LogP contribution in [0.2, 0.25) is 0 Å². The first-order valence-corrected chi connectivity index (χ1v) is 12.1. The normalized spacial score (nSPS) is 16.4. The zero-order valence-corrected chi connectivity index (χ0v) is 21.5. The standard InChI is InChI=1S/C28H39N3O3/c1-21(2)17-23-13-12-22(18-26(23)33-6)9-7-11-25(29-19-24-10-8-14-30(24)5)27(32)31-15-16-34-20-28(31,3)4/h8,10-14,18-19,21H,7,9,15-17,20H2,1-6H3/b25-11+,29-19+. The number of nitrogens with zero attached hydrogens (tertiary/aromatic N) is 3. The molecule has 0 atom stereocenters. The van der Waals surface area contributed by atoms with Crippen LogP contribution in [0.25, 0.3) is 0 Å². The molecule has 2 heterocycles. The lowest BCUT2D eigenvalue weighted by atomic mass is 9.99. The minimum atomic E-state index is -0.367. The molecule has 2 aromatic rings. The van der Waals surface area contributed by atoms with E-state index in [2.05, 4.69) is 37.0 Å². The molecule has 0 radical (unpaired) electrons. The molecular formula is C28H39N3O3. The maximum atomic E-state index is 13.5. The molecule has 0 bridgehead atoms. The van der Waals surface area contributed by atoms with E-state index in [-0.39, 0.29) is 11.4 Å². The molecule has 1 aliphatic rings. The number of aromatic nitrogens is 1. The van der Waals surface area contributed by atoms with Crippen molar-refractivity contribution in [1.29, 1.82) is 0 Å². The summed E-state index contributed by atoms with van der Waals surface area (Å²) in [6.07, 6.45) is 8.20. The Hall–Kier alpha value is -2.86. The van der Waals surface area contributed by atoms with Crippen LogP contribution in [-0.4, -0.2) is 54.0 Å². The Kier molecular flexibility index (Phi) is 8.72. The highest BCUT2D eigenvalue weighted by molar-refractivity contribution is 5.96. The minimum Gasteiger partial charge on any atom is -0.496 e. The van der Waals surface area contributed by atoms with Gasteiger partial charge in [0.05, 0.1) is 37.8 Å². The minimum absolute atomic E-state index is 0.0522. The monoisotopic (exact) mass is 465 g/mol. The molecule has 1 amide bonds. The third-order valence-corrected chi connectivity index (χ3v) is 6.18. The molecule has 0 saturated carbocycles. The Morgan fingerprint density at radius 2 is 2.09 bits per heavy atom. The zero-order valence-electron chi connectivity index (χ0n) is 21.5. The third-order valence-electron chi connectivity index (χ3n) is 6.18. The van der Waals surface area contributed by atoms with E-state index in [1.807, 2.05) is 54.8 Å². The first kappa shape index (κ1) is 25.8. The largest absolute Gasteiger partial charge is 0.496 e. The lowest BCUT2D eigenvalue weighted by Gasteiger charge is -2.42. The Balaban J connectivity index is 1.80. The highest BCUT2D eigenvalue weighted by Crippen LogP contribution is 2.25. The molecule has 6 heteroatoms. The molecule has 0 N–H and O–H groups in total. The summed E-state index contributed by atoms with van der Waals surface area (Å²) < 4.78 is 13.2. The number of hydrogen-bond donors (Lipinski definition) is 0. The molecule has 0 unspecified atom stereocenters. The highest BCUT2D eigenvalue weighted by atomic mass is 16.5. The van der Waals surface area contributed by atoms with Gasteiger partial charge in [-0.1, -0.05) is 32.1 Å². The van der Waals surface area contributed by atoms with Gasteiger partial charge in [-0.05, 0) is 68.4 Å². The number of aryl methyl sites for hydroxylation is 2. The van der Waals surface area contributed by atoms with Crippen molar-refractivity contribution in [3.05, 3.63) is 65.1 Å². The summed E-state index contributed by atoms with van der Waals surface area (Å²) in [4.78, 5) is 20.0. The third kappa shape index (κ3) is 6.60. The zero-order chi connectivity index (χ0) is 24.7. The van der Waals surface area contributed by atoms with Gasteiger partial charge in [0.1, 0.15) is 11.4 Å². The van der Waals surface area contributed by atoms with E-state index < -0.39 is 0 Å². The Morgan fingerprint density at radius 1 is 1.29 bits per heavy atom. The number of allylic oxidation sites excluding steroid dienone is 1. The summed E-state index contributed by atoms with van der Waals surface area (Å²) in [5.74, 6) is 1.45. The number of carbonyl (C=O) groups is 1. The molecule has 1 aliphatic heterocycles. The average molecular weight is 466 g/mol. The van der Waals surface area contributed by atoms with Gasteiger partial charge in [0.25, 0.3) is 5.91 Å². The summed E-state index contributed by atoms with van der Waals surface area (Å²) in [7, 11) is 3.69. The van der Waals surface area contributed by atoms with Crippen LogP contribution < -0.4 is 4.74 Å². The van der Waals surface area contributed by atoms with Gasteiger partial charge in [0, 0.05) is 19.8 Å². The molecule has 184 valence electrons. The number of rotatable bonds is 9. The quantitative estimate of drug-likeness (QED) is 0.395. The van der Waals surface area contributed by atoms with E-state index in [4.69, 9.17) is 9.47 Å². The van der Waals surface area contributed by atoms with Crippen LogP contribution in [0.3, 0.4) is 0 Å². The van der Waals surface area contributed by atoms with Gasteiger partial charge in [-0.15, -0.1) is 0 Å². The maximum absolute atomic E-state index is 13.5. The second kappa shape index (κ2) is 11.5. The van der Waals surface area contributed by atoms with Gasteiger partial charge in [-0.2, -0.15) is 0 Å². The second-order valence-corrected chi connectivity index (χ2v) is 10.00. The summed E-state index contributed by atoms with van der Waals surface area (Å²) in [5.41, 5.74) is 3.47. The Labute approximate surface area is 204 Å². The fourth-order valence-corrected chi connectivity index (χ4v) is 4.24. The number of morpholine rings is 1. The van der Waals surface area contributed by atoms with E-state index in [0.717, 1.165) is 24.3 Å². The fourth-order valence-electron chi connectivity index (χ4n) is 4.24. The van der Waals surface area contributed by atoms with Crippen molar-refractivity contribution in [2.75, 3.05) is 26.9 Å². The van der Waals surface area contributed by atoms with Gasteiger partial charge in [-0.25, -0.2) is 4.99 Å². The molecule has 6 nitrogen and oxygen atoms in total. The van der Waals surface area contributed by atoms with Crippen LogP contribution in [-0.2, 0) is 29.4 Å². The van der Waals surface area contributed by atoms with Crippen LogP contribution in [0.4, 0.5) is 0 Å². The van der Waals surface area contributed by atoms with Crippen molar-refractivity contribution >= 4 is 12.1 Å². The van der Waals surface area contributed by atoms with Crippen LogP contribution in [0, 0.1) is 5.92 Å². The summed E-state index contributed by atoms with van der Waals surface area (Å²) in [6.45, 7) is 10.1. The van der Waals surface area contributed by atoms with Gasteiger partial charge < -0.3 is 18.9 Å². The van der Waals surface area contributed by atoms with Crippen LogP contribution >= 0.6 is 0 Å². The average Bonchev–Trinajstić information content (AvgIpc) is 3.20. The summed E-state index contributed by atoms with van der Waals surface area (Å²) in [5, 5.41) is 0. The molecule has 1 fully saturated rings. The van der Waals surface area contributed by atoms with Gasteiger partial charge in [0.15, 0.2) is 0 Å². The molecule has 3 rings (SSSR count).